The van der Waals surface area contributed by atoms with Gasteiger partial charge in [-0.1, -0.05) is 0 Å². The summed E-state index contributed by atoms with van der Waals surface area (Å²) in [6, 6.07) is 0. The second kappa shape index (κ2) is 4.34. The monoisotopic (exact) mass is 156 g/mol. The summed E-state index contributed by atoms with van der Waals surface area (Å²) in [5.74, 6) is 1.42. The summed E-state index contributed by atoms with van der Waals surface area (Å²) in [5.41, 5.74) is 5.66. The van der Waals surface area contributed by atoms with Crippen molar-refractivity contribution in [2.75, 3.05) is 19.8 Å². The maximum Gasteiger partial charge on any atom is 0.0969 e. The van der Waals surface area contributed by atoms with E-state index >= 15 is 0 Å². The van der Waals surface area contributed by atoms with Crippen molar-refractivity contribution in [3.63, 3.8) is 0 Å². The van der Waals surface area contributed by atoms with Gasteiger partial charge in [-0.05, 0) is 19.8 Å². The van der Waals surface area contributed by atoms with Crippen LogP contribution < -0.4 is 5.73 Å². The third-order valence-electron chi connectivity index (χ3n) is 1.73. The van der Waals surface area contributed by atoms with Crippen LogP contribution in [0.2, 0.25) is 0 Å². The molecule has 0 radical (unpaired) electrons. The first kappa shape index (κ1) is 8.53. The Morgan fingerprint density at radius 1 is 1.64 bits per heavy atom. The zero-order chi connectivity index (χ0) is 8.10. The van der Waals surface area contributed by atoms with Gasteiger partial charge in [-0.3, -0.25) is 4.99 Å². The van der Waals surface area contributed by atoms with Crippen LogP contribution in [-0.4, -0.2) is 25.6 Å². The predicted octanol–water partition coefficient (Wildman–Crippen LogP) is 0.790. The van der Waals surface area contributed by atoms with Crippen LogP contribution in [0.5, 0.6) is 0 Å². The molecule has 0 atom stereocenters. The molecule has 0 aromatic heterocycles. The molecule has 11 heavy (non-hydrogen) atoms. The SMILES string of the molecule is CCOCCN=C(N)C1CC1. The molecule has 0 bridgehead atoms. The van der Waals surface area contributed by atoms with E-state index in [-0.39, 0.29) is 0 Å². The van der Waals surface area contributed by atoms with Crippen molar-refractivity contribution in [1.29, 1.82) is 0 Å². The Morgan fingerprint density at radius 2 is 2.36 bits per heavy atom. The molecule has 1 aliphatic rings. The van der Waals surface area contributed by atoms with Crippen molar-refractivity contribution in [3.8, 4) is 0 Å². The number of hydrogen-bond donors (Lipinski definition) is 1. The second-order valence-corrected chi connectivity index (χ2v) is 2.78. The Kier molecular flexibility index (Phi) is 3.36. The maximum absolute atomic E-state index is 5.66. The fourth-order valence-corrected chi connectivity index (χ4v) is 0.892. The number of amidine groups is 1. The minimum atomic E-state index is 0.594. The van der Waals surface area contributed by atoms with Crippen molar-refractivity contribution >= 4 is 5.84 Å². The van der Waals surface area contributed by atoms with Crippen LogP contribution in [0, 0.1) is 5.92 Å². The van der Waals surface area contributed by atoms with Crippen LogP contribution in [0.25, 0.3) is 0 Å². The molecule has 0 heterocycles. The Labute approximate surface area is 67.6 Å². The first-order valence-corrected chi connectivity index (χ1v) is 4.22. The van der Waals surface area contributed by atoms with Crippen LogP contribution in [0.3, 0.4) is 0 Å². The van der Waals surface area contributed by atoms with Gasteiger partial charge >= 0.3 is 0 Å². The number of rotatable bonds is 5. The van der Waals surface area contributed by atoms with Gasteiger partial charge in [0, 0.05) is 12.5 Å². The smallest absolute Gasteiger partial charge is 0.0969 e. The summed E-state index contributed by atoms with van der Waals surface area (Å²) in [6.07, 6.45) is 2.45. The Balaban J connectivity index is 2.02. The molecule has 2 N–H and O–H groups in total. The molecule has 3 heteroatoms. The molecule has 0 unspecified atom stereocenters. The second-order valence-electron chi connectivity index (χ2n) is 2.78. The van der Waals surface area contributed by atoms with Crippen LogP contribution in [0.4, 0.5) is 0 Å². The summed E-state index contributed by atoms with van der Waals surface area (Å²) in [7, 11) is 0. The Bertz CT molecular complexity index is 141. The van der Waals surface area contributed by atoms with Gasteiger partial charge in [-0.2, -0.15) is 0 Å². The number of hydrogen-bond acceptors (Lipinski definition) is 2. The fourth-order valence-electron chi connectivity index (χ4n) is 0.892. The number of ether oxygens (including phenoxy) is 1. The summed E-state index contributed by atoms with van der Waals surface area (Å²) >= 11 is 0. The van der Waals surface area contributed by atoms with E-state index < -0.39 is 0 Å². The summed E-state index contributed by atoms with van der Waals surface area (Å²) < 4.78 is 5.12. The summed E-state index contributed by atoms with van der Waals surface area (Å²) in [5, 5.41) is 0. The highest BCUT2D eigenvalue weighted by atomic mass is 16.5. The van der Waals surface area contributed by atoms with Gasteiger partial charge in [0.2, 0.25) is 0 Å². The minimum Gasteiger partial charge on any atom is -0.387 e. The van der Waals surface area contributed by atoms with E-state index in [0.717, 1.165) is 19.0 Å². The normalized spacial score (nSPS) is 18.8. The van der Waals surface area contributed by atoms with E-state index in [2.05, 4.69) is 4.99 Å². The zero-order valence-electron chi connectivity index (χ0n) is 7.05. The van der Waals surface area contributed by atoms with E-state index in [1.54, 1.807) is 0 Å². The molecule has 64 valence electrons. The molecule has 0 aliphatic heterocycles. The lowest BCUT2D eigenvalue weighted by Gasteiger charge is -1.98. The van der Waals surface area contributed by atoms with Gasteiger partial charge in [0.1, 0.15) is 0 Å². The molecule has 1 saturated carbocycles. The lowest BCUT2D eigenvalue weighted by molar-refractivity contribution is 0.156. The third kappa shape index (κ3) is 3.37. The van der Waals surface area contributed by atoms with Gasteiger partial charge in [-0.15, -0.1) is 0 Å². The van der Waals surface area contributed by atoms with E-state index in [9.17, 15) is 0 Å². The molecule has 1 rings (SSSR count). The number of nitrogens with zero attached hydrogens (tertiary/aromatic N) is 1. The molecule has 1 fully saturated rings. The van der Waals surface area contributed by atoms with Crippen LogP contribution >= 0.6 is 0 Å². The largest absolute Gasteiger partial charge is 0.387 e. The van der Waals surface area contributed by atoms with Gasteiger partial charge in [0.05, 0.1) is 19.0 Å². The van der Waals surface area contributed by atoms with Crippen molar-refractivity contribution in [3.05, 3.63) is 0 Å². The molecule has 0 saturated heterocycles. The van der Waals surface area contributed by atoms with Gasteiger partial charge < -0.3 is 10.5 Å². The van der Waals surface area contributed by atoms with E-state index in [1.807, 2.05) is 6.92 Å². The van der Waals surface area contributed by atoms with Gasteiger partial charge in [-0.25, -0.2) is 0 Å². The molecule has 0 aromatic rings. The fraction of sp³-hybridized carbons (Fsp3) is 0.875. The van der Waals surface area contributed by atoms with Crippen molar-refractivity contribution in [1.82, 2.24) is 0 Å². The predicted molar refractivity (Wildman–Crippen MR) is 45.7 cm³/mol. The van der Waals surface area contributed by atoms with Gasteiger partial charge in [0.15, 0.2) is 0 Å². The zero-order valence-corrected chi connectivity index (χ0v) is 7.05. The molecular formula is C8H16N2O. The average Bonchev–Trinajstić information content (AvgIpc) is 2.79. The Morgan fingerprint density at radius 3 is 2.91 bits per heavy atom. The highest BCUT2D eigenvalue weighted by Crippen LogP contribution is 2.28. The summed E-state index contributed by atoms with van der Waals surface area (Å²) in [6.45, 7) is 4.16. The molecule has 0 aromatic carbocycles. The van der Waals surface area contributed by atoms with E-state index in [1.165, 1.54) is 12.8 Å². The molecule has 3 nitrogen and oxygen atoms in total. The van der Waals surface area contributed by atoms with Crippen molar-refractivity contribution in [2.45, 2.75) is 19.8 Å². The van der Waals surface area contributed by atoms with Crippen LogP contribution in [0.1, 0.15) is 19.8 Å². The topological polar surface area (TPSA) is 47.6 Å². The first-order chi connectivity index (χ1) is 5.34. The van der Waals surface area contributed by atoms with E-state index in [4.69, 9.17) is 10.5 Å². The van der Waals surface area contributed by atoms with Crippen LogP contribution in [-0.2, 0) is 4.74 Å². The highest BCUT2D eigenvalue weighted by Gasteiger charge is 2.24. The minimum absolute atomic E-state index is 0.594. The quantitative estimate of drug-likeness (QED) is 0.363. The maximum atomic E-state index is 5.66. The standard InChI is InChI=1S/C8H16N2O/c1-2-11-6-5-10-8(9)7-3-4-7/h7H,2-6H2,1H3,(H2,9,10). The van der Waals surface area contributed by atoms with E-state index in [0.29, 0.717) is 12.5 Å². The highest BCUT2D eigenvalue weighted by molar-refractivity contribution is 5.84. The summed E-state index contributed by atoms with van der Waals surface area (Å²) in [4.78, 5) is 4.19. The molecule has 0 amide bonds. The third-order valence-corrected chi connectivity index (χ3v) is 1.73. The van der Waals surface area contributed by atoms with Gasteiger partial charge in [0.25, 0.3) is 0 Å². The van der Waals surface area contributed by atoms with Crippen molar-refractivity contribution in [2.24, 2.45) is 16.6 Å². The Hall–Kier alpha value is -0.570. The number of nitrogens with two attached hydrogens (primary N) is 1. The number of aliphatic imine (C=N–C) groups is 1. The average molecular weight is 156 g/mol. The lowest BCUT2D eigenvalue weighted by atomic mass is 10.4. The molecule has 1 aliphatic carbocycles. The van der Waals surface area contributed by atoms with Crippen LogP contribution in [0.15, 0.2) is 4.99 Å². The van der Waals surface area contributed by atoms with Crippen molar-refractivity contribution < 1.29 is 4.74 Å². The molecule has 0 spiro atoms. The molecular weight excluding hydrogens is 140 g/mol. The lowest BCUT2D eigenvalue weighted by Crippen LogP contribution is -2.15. The first-order valence-electron chi connectivity index (χ1n) is 4.22.